The van der Waals surface area contributed by atoms with Crippen LogP contribution in [0.2, 0.25) is 0 Å². The maximum Gasteiger partial charge on any atom is 0.213 e. The summed E-state index contributed by atoms with van der Waals surface area (Å²) in [4.78, 5) is 4.24. The molecule has 3 rings (SSSR count). The summed E-state index contributed by atoms with van der Waals surface area (Å²) in [6, 6.07) is 13.3. The molecule has 0 bridgehead atoms. The standard InChI is InChI=1S/C16H17NO2/c18-16(13-4-2-1-3-5-13)14-8-9-15(17-10-14)19-11-12-6-7-12/h1-5,8-10,12,16,18H,6-7,11H2. The van der Waals surface area contributed by atoms with Crippen LogP contribution in [0, 0.1) is 5.92 Å². The Kier molecular flexibility index (Phi) is 3.47. The SMILES string of the molecule is OC(c1ccccc1)c1ccc(OCC2CC2)nc1. The van der Waals surface area contributed by atoms with Crippen LogP contribution in [0.3, 0.4) is 0 Å². The lowest BCUT2D eigenvalue weighted by Gasteiger charge is -2.11. The lowest BCUT2D eigenvalue weighted by molar-refractivity contribution is 0.219. The van der Waals surface area contributed by atoms with Gasteiger partial charge in [-0.2, -0.15) is 0 Å². The topological polar surface area (TPSA) is 42.4 Å². The van der Waals surface area contributed by atoms with E-state index < -0.39 is 6.10 Å². The Morgan fingerprint density at radius 2 is 1.89 bits per heavy atom. The van der Waals surface area contributed by atoms with Gasteiger partial charge in [-0.1, -0.05) is 30.3 Å². The Labute approximate surface area is 112 Å². The van der Waals surface area contributed by atoms with Crippen LogP contribution in [0.1, 0.15) is 30.1 Å². The summed E-state index contributed by atoms with van der Waals surface area (Å²) in [7, 11) is 0. The van der Waals surface area contributed by atoms with E-state index >= 15 is 0 Å². The average Bonchev–Trinajstić information content (AvgIpc) is 3.30. The van der Waals surface area contributed by atoms with Crippen molar-refractivity contribution < 1.29 is 9.84 Å². The number of ether oxygens (including phenoxy) is 1. The fraction of sp³-hybridized carbons (Fsp3) is 0.312. The zero-order valence-electron chi connectivity index (χ0n) is 10.7. The molecule has 98 valence electrons. The van der Waals surface area contributed by atoms with Gasteiger partial charge in [-0.15, -0.1) is 0 Å². The number of pyridine rings is 1. The third-order valence-corrected chi connectivity index (χ3v) is 3.35. The fourth-order valence-electron chi connectivity index (χ4n) is 1.95. The minimum absolute atomic E-state index is 0.633. The zero-order chi connectivity index (χ0) is 13.1. The summed E-state index contributed by atoms with van der Waals surface area (Å²) in [6.07, 6.45) is 3.58. The second-order valence-corrected chi connectivity index (χ2v) is 5.00. The fourth-order valence-corrected chi connectivity index (χ4v) is 1.95. The number of aliphatic hydroxyl groups excluding tert-OH is 1. The molecule has 3 heteroatoms. The molecule has 3 nitrogen and oxygen atoms in total. The van der Waals surface area contributed by atoms with E-state index in [0.29, 0.717) is 5.88 Å². The third kappa shape index (κ3) is 3.12. The first-order chi connectivity index (χ1) is 9.33. The van der Waals surface area contributed by atoms with E-state index in [4.69, 9.17) is 4.74 Å². The molecule has 0 saturated heterocycles. The summed E-state index contributed by atoms with van der Waals surface area (Å²) in [5, 5.41) is 10.2. The Morgan fingerprint density at radius 1 is 1.11 bits per heavy atom. The van der Waals surface area contributed by atoms with Gasteiger partial charge in [0.2, 0.25) is 5.88 Å². The lowest BCUT2D eigenvalue weighted by atomic mass is 10.0. The molecular formula is C16H17NO2. The van der Waals surface area contributed by atoms with Crippen LogP contribution >= 0.6 is 0 Å². The molecule has 1 saturated carbocycles. The highest BCUT2D eigenvalue weighted by molar-refractivity contribution is 5.29. The van der Waals surface area contributed by atoms with E-state index in [1.54, 1.807) is 6.20 Å². The number of rotatable bonds is 5. The zero-order valence-corrected chi connectivity index (χ0v) is 10.7. The quantitative estimate of drug-likeness (QED) is 0.893. The van der Waals surface area contributed by atoms with Gasteiger partial charge >= 0.3 is 0 Å². The number of aliphatic hydroxyl groups is 1. The molecule has 1 fully saturated rings. The van der Waals surface area contributed by atoms with E-state index in [2.05, 4.69) is 4.98 Å². The summed E-state index contributed by atoms with van der Waals surface area (Å²) >= 11 is 0. The Bertz CT molecular complexity index is 520. The second-order valence-electron chi connectivity index (χ2n) is 5.00. The molecular weight excluding hydrogens is 238 g/mol. The highest BCUT2D eigenvalue weighted by atomic mass is 16.5. The van der Waals surface area contributed by atoms with Gasteiger partial charge in [-0.05, 0) is 30.4 Å². The highest BCUT2D eigenvalue weighted by Gasteiger charge is 2.22. The van der Waals surface area contributed by atoms with Gasteiger partial charge in [0.25, 0.3) is 0 Å². The summed E-state index contributed by atoms with van der Waals surface area (Å²) < 4.78 is 5.58. The van der Waals surface area contributed by atoms with Gasteiger partial charge in [0.1, 0.15) is 6.10 Å². The molecule has 19 heavy (non-hydrogen) atoms. The van der Waals surface area contributed by atoms with Gasteiger partial charge in [0, 0.05) is 17.8 Å². The summed E-state index contributed by atoms with van der Waals surface area (Å²) in [6.45, 7) is 0.758. The summed E-state index contributed by atoms with van der Waals surface area (Å²) in [5.74, 6) is 1.35. The van der Waals surface area contributed by atoms with Crippen LogP contribution in [0.4, 0.5) is 0 Å². The normalized spacial score (nSPS) is 16.1. The van der Waals surface area contributed by atoms with E-state index in [-0.39, 0.29) is 0 Å². The van der Waals surface area contributed by atoms with Gasteiger partial charge in [-0.25, -0.2) is 4.98 Å². The molecule has 1 aromatic heterocycles. The minimum atomic E-state index is -0.633. The molecule has 1 aliphatic rings. The summed E-state index contributed by atoms with van der Waals surface area (Å²) in [5.41, 5.74) is 1.65. The molecule has 1 heterocycles. The van der Waals surface area contributed by atoms with Crippen molar-refractivity contribution >= 4 is 0 Å². The van der Waals surface area contributed by atoms with Gasteiger partial charge < -0.3 is 9.84 Å². The van der Waals surface area contributed by atoms with Crippen LogP contribution in [-0.4, -0.2) is 16.7 Å². The molecule has 1 atom stereocenters. The Balaban J connectivity index is 1.67. The van der Waals surface area contributed by atoms with Crippen LogP contribution in [0.5, 0.6) is 5.88 Å². The van der Waals surface area contributed by atoms with Crippen molar-refractivity contribution in [3.8, 4) is 5.88 Å². The number of benzene rings is 1. The van der Waals surface area contributed by atoms with Crippen LogP contribution in [0.15, 0.2) is 48.7 Å². The predicted molar refractivity (Wildman–Crippen MR) is 73.0 cm³/mol. The van der Waals surface area contributed by atoms with E-state index in [0.717, 1.165) is 23.7 Å². The van der Waals surface area contributed by atoms with Crippen LogP contribution in [-0.2, 0) is 0 Å². The van der Waals surface area contributed by atoms with Gasteiger partial charge in [0.05, 0.1) is 6.61 Å². The first kappa shape index (κ1) is 12.2. The maximum atomic E-state index is 10.2. The Hall–Kier alpha value is -1.87. The number of hydrogen-bond donors (Lipinski definition) is 1. The third-order valence-electron chi connectivity index (χ3n) is 3.35. The molecule has 0 aliphatic heterocycles. The van der Waals surface area contributed by atoms with Crippen LogP contribution < -0.4 is 4.74 Å². The molecule has 1 N–H and O–H groups in total. The van der Waals surface area contributed by atoms with Crippen molar-refractivity contribution in [2.75, 3.05) is 6.61 Å². The van der Waals surface area contributed by atoms with E-state index in [1.807, 2.05) is 42.5 Å². The minimum Gasteiger partial charge on any atom is -0.477 e. The van der Waals surface area contributed by atoms with Crippen LogP contribution in [0.25, 0.3) is 0 Å². The molecule has 1 aromatic carbocycles. The van der Waals surface area contributed by atoms with Crippen molar-refractivity contribution in [2.45, 2.75) is 18.9 Å². The van der Waals surface area contributed by atoms with E-state index in [1.165, 1.54) is 12.8 Å². The number of hydrogen-bond acceptors (Lipinski definition) is 3. The van der Waals surface area contributed by atoms with E-state index in [9.17, 15) is 5.11 Å². The Morgan fingerprint density at radius 3 is 2.53 bits per heavy atom. The first-order valence-corrected chi connectivity index (χ1v) is 6.64. The predicted octanol–water partition coefficient (Wildman–Crippen LogP) is 2.95. The second kappa shape index (κ2) is 5.41. The van der Waals surface area contributed by atoms with Crippen molar-refractivity contribution in [3.05, 3.63) is 59.8 Å². The molecule has 0 spiro atoms. The molecule has 1 unspecified atom stereocenters. The largest absolute Gasteiger partial charge is 0.477 e. The van der Waals surface area contributed by atoms with Gasteiger partial charge in [-0.3, -0.25) is 0 Å². The monoisotopic (exact) mass is 255 g/mol. The van der Waals surface area contributed by atoms with Gasteiger partial charge in [0.15, 0.2) is 0 Å². The van der Waals surface area contributed by atoms with Crippen molar-refractivity contribution in [1.82, 2.24) is 4.98 Å². The molecule has 0 amide bonds. The lowest BCUT2D eigenvalue weighted by Crippen LogP contribution is -2.03. The smallest absolute Gasteiger partial charge is 0.213 e. The average molecular weight is 255 g/mol. The maximum absolute atomic E-state index is 10.2. The highest BCUT2D eigenvalue weighted by Crippen LogP contribution is 2.29. The number of nitrogens with zero attached hydrogens (tertiary/aromatic N) is 1. The number of aromatic nitrogens is 1. The van der Waals surface area contributed by atoms with Crippen molar-refractivity contribution in [3.63, 3.8) is 0 Å². The molecule has 1 aliphatic carbocycles. The molecule has 2 aromatic rings. The molecule has 0 radical (unpaired) electrons. The van der Waals surface area contributed by atoms with Crippen molar-refractivity contribution in [1.29, 1.82) is 0 Å². The first-order valence-electron chi connectivity index (χ1n) is 6.64. The van der Waals surface area contributed by atoms with Crippen molar-refractivity contribution in [2.24, 2.45) is 5.92 Å².